The van der Waals surface area contributed by atoms with E-state index in [1.807, 2.05) is 12.1 Å². The van der Waals surface area contributed by atoms with E-state index < -0.39 is 15.8 Å². The third-order valence-corrected chi connectivity index (χ3v) is 8.07. The molecule has 0 bridgehead atoms. The number of benzene rings is 3. The van der Waals surface area contributed by atoms with Crippen LogP contribution in [0, 0.1) is 5.82 Å². The number of rotatable bonds is 9. The molecule has 0 spiro atoms. The summed E-state index contributed by atoms with van der Waals surface area (Å²) in [4.78, 5) is 16.3. The van der Waals surface area contributed by atoms with Gasteiger partial charge in [-0.2, -0.15) is 0 Å². The lowest BCUT2D eigenvalue weighted by Gasteiger charge is -2.21. The maximum Gasteiger partial charge on any atom is 0.232 e. The van der Waals surface area contributed by atoms with Gasteiger partial charge < -0.3 is 24.5 Å². The second-order valence-electron chi connectivity index (χ2n) is 9.80. The fourth-order valence-corrected chi connectivity index (χ4v) is 5.34. The summed E-state index contributed by atoms with van der Waals surface area (Å²) in [5.74, 6) is -0.182. The standard InChI is InChI=1S/C30H29FN4O6S/c1-18(36)33-25-14-21(31)10-9-20(25)15-35-16-24-26(30(35)37)29(41-17-19-7-11-22(40-3)12-8-19)27-23(6-5-13-32-27)28(24)34(2)42(4,38)39/h5-14,16,37H,15,17H2,1-4H3,(H,33,36). The molecular weight excluding hydrogens is 563 g/mol. The summed E-state index contributed by atoms with van der Waals surface area (Å²) in [6.45, 7) is 1.47. The number of nitrogens with zero attached hydrogens (tertiary/aromatic N) is 3. The number of aromatic nitrogens is 2. The molecule has 3 aromatic carbocycles. The van der Waals surface area contributed by atoms with Crippen molar-refractivity contribution in [2.24, 2.45) is 0 Å². The zero-order valence-corrected chi connectivity index (χ0v) is 24.2. The van der Waals surface area contributed by atoms with E-state index in [1.165, 1.54) is 36.7 Å². The number of aromatic hydroxyl groups is 1. The van der Waals surface area contributed by atoms with E-state index in [4.69, 9.17) is 9.47 Å². The van der Waals surface area contributed by atoms with Crippen molar-refractivity contribution in [2.45, 2.75) is 20.1 Å². The van der Waals surface area contributed by atoms with E-state index in [1.54, 1.807) is 43.8 Å². The maximum absolute atomic E-state index is 14.0. The number of carbonyl (C=O) groups is 1. The van der Waals surface area contributed by atoms with Crippen LogP contribution in [0.1, 0.15) is 18.1 Å². The fraction of sp³-hybridized carbons (Fsp3) is 0.200. The van der Waals surface area contributed by atoms with Crippen LogP contribution >= 0.6 is 0 Å². The zero-order chi connectivity index (χ0) is 30.2. The molecule has 0 radical (unpaired) electrons. The number of methoxy groups -OCH3 is 1. The Labute approximate surface area is 242 Å². The van der Waals surface area contributed by atoms with Crippen molar-refractivity contribution in [3.8, 4) is 17.4 Å². The summed E-state index contributed by atoms with van der Waals surface area (Å²) in [5, 5.41) is 15.4. The van der Waals surface area contributed by atoms with E-state index in [0.29, 0.717) is 33.3 Å². The molecule has 218 valence electrons. The first-order valence-electron chi connectivity index (χ1n) is 12.9. The Hall–Kier alpha value is -4.84. The van der Waals surface area contributed by atoms with Crippen molar-refractivity contribution in [2.75, 3.05) is 30.0 Å². The van der Waals surface area contributed by atoms with Crippen LogP contribution in [0.4, 0.5) is 15.8 Å². The van der Waals surface area contributed by atoms with Gasteiger partial charge in [-0.1, -0.05) is 18.2 Å². The lowest BCUT2D eigenvalue weighted by atomic mass is 10.1. The number of anilines is 2. The van der Waals surface area contributed by atoms with Gasteiger partial charge in [-0.05, 0) is 47.5 Å². The van der Waals surface area contributed by atoms with E-state index in [9.17, 15) is 22.7 Å². The van der Waals surface area contributed by atoms with Crippen LogP contribution in [0.25, 0.3) is 21.7 Å². The maximum atomic E-state index is 14.0. The van der Waals surface area contributed by atoms with Crippen molar-refractivity contribution < 1.29 is 32.2 Å². The molecule has 0 saturated carbocycles. The number of sulfonamides is 1. The topological polar surface area (TPSA) is 123 Å². The van der Waals surface area contributed by atoms with E-state index >= 15 is 0 Å². The minimum Gasteiger partial charge on any atom is -0.497 e. The molecule has 1 amide bonds. The molecular formula is C30H29FN4O6S. The molecule has 5 rings (SSSR count). The third-order valence-electron chi connectivity index (χ3n) is 6.89. The van der Waals surface area contributed by atoms with Gasteiger partial charge in [-0.25, -0.2) is 12.8 Å². The molecule has 0 unspecified atom stereocenters. The van der Waals surface area contributed by atoms with Crippen molar-refractivity contribution in [3.05, 3.63) is 83.9 Å². The largest absolute Gasteiger partial charge is 0.497 e. The Morgan fingerprint density at radius 3 is 2.55 bits per heavy atom. The van der Waals surface area contributed by atoms with E-state index in [-0.39, 0.29) is 41.8 Å². The van der Waals surface area contributed by atoms with Gasteiger partial charge >= 0.3 is 0 Å². The number of halogens is 1. The molecule has 2 heterocycles. The summed E-state index contributed by atoms with van der Waals surface area (Å²) in [6, 6.07) is 14.7. The molecule has 0 aliphatic heterocycles. The Balaban J connectivity index is 1.73. The molecule has 2 N–H and O–H groups in total. The normalized spacial score (nSPS) is 11.5. The third kappa shape index (κ3) is 5.53. The van der Waals surface area contributed by atoms with Gasteiger partial charge in [0.15, 0.2) is 5.75 Å². The summed E-state index contributed by atoms with van der Waals surface area (Å²) in [5.41, 5.74) is 2.26. The van der Waals surface area contributed by atoms with Crippen molar-refractivity contribution >= 4 is 49.0 Å². The van der Waals surface area contributed by atoms with E-state index in [2.05, 4.69) is 10.3 Å². The van der Waals surface area contributed by atoms with Gasteiger partial charge in [0, 0.05) is 42.8 Å². The lowest BCUT2D eigenvalue weighted by Crippen LogP contribution is -2.25. The number of carbonyl (C=O) groups excluding carboxylic acids is 1. The quantitative estimate of drug-likeness (QED) is 0.246. The van der Waals surface area contributed by atoms with Crippen LogP contribution in [0.2, 0.25) is 0 Å². The number of pyridine rings is 1. The average Bonchev–Trinajstić information content (AvgIpc) is 3.26. The smallest absolute Gasteiger partial charge is 0.232 e. The Kier molecular flexibility index (Phi) is 7.65. The Morgan fingerprint density at radius 1 is 1.14 bits per heavy atom. The number of nitrogens with one attached hydrogen (secondary N) is 1. The van der Waals surface area contributed by atoms with Crippen LogP contribution < -0.4 is 19.1 Å². The molecule has 0 saturated heterocycles. The number of fused-ring (bicyclic) bond motifs is 2. The van der Waals surface area contributed by atoms with Gasteiger partial charge in [0.1, 0.15) is 23.7 Å². The highest BCUT2D eigenvalue weighted by atomic mass is 32.2. The summed E-state index contributed by atoms with van der Waals surface area (Å²) in [6.07, 6.45) is 4.25. The molecule has 0 atom stereocenters. The zero-order valence-electron chi connectivity index (χ0n) is 23.4. The molecule has 5 aromatic rings. The predicted molar refractivity (Wildman–Crippen MR) is 159 cm³/mol. The van der Waals surface area contributed by atoms with Crippen LogP contribution in [-0.2, 0) is 28.0 Å². The molecule has 2 aromatic heterocycles. The average molecular weight is 593 g/mol. The van der Waals surface area contributed by atoms with Crippen LogP contribution in [0.5, 0.6) is 17.4 Å². The number of ether oxygens (including phenoxy) is 2. The van der Waals surface area contributed by atoms with Gasteiger partial charge in [-0.3, -0.25) is 14.1 Å². The number of hydrogen-bond acceptors (Lipinski definition) is 7. The second-order valence-corrected chi connectivity index (χ2v) is 11.8. The minimum atomic E-state index is -3.73. The number of hydrogen-bond donors (Lipinski definition) is 2. The highest BCUT2D eigenvalue weighted by Gasteiger charge is 2.27. The first-order chi connectivity index (χ1) is 20.0. The summed E-state index contributed by atoms with van der Waals surface area (Å²) < 4.78 is 53.7. The summed E-state index contributed by atoms with van der Waals surface area (Å²) in [7, 11) is -0.723. The molecule has 42 heavy (non-hydrogen) atoms. The van der Waals surface area contributed by atoms with Gasteiger partial charge in [0.05, 0.1) is 31.0 Å². The van der Waals surface area contributed by atoms with Crippen LogP contribution in [0.3, 0.4) is 0 Å². The van der Waals surface area contributed by atoms with Crippen molar-refractivity contribution in [1.82, 2.24) is 9.55 Å². The number of amides is 1. The van der Waals surface area contributed by atoms with Crippen LogP contribution in [0.15, 0.2) is 67.0 Å². The monoisotopic (exact) mass is 592 g/mol. The molecule has 10 nitrogen and oxygen atoms in total. The first-order valence-corrected chi connectivity index (χ1v) is 14.7. The predicted octanol–water partition coefficient (Wildman–Crippen LogP) is 5.02. The SMILES string of the molecule is COc1ccc(COc2c3ncccc3c(N(C)S(C)(=O)=O)c3cn(Cc4ccc(F)cc4NC(C)=O)c(O)c23)cc1. The molecule has 0 fully saturated rings. The van der Waals surface area contributed by atoms with Crippen molar-refractivity contribution in [3.63, 3.8) is 0 Å². The summed E-state index contributed by atoms with van der Waals surface area (Å²) >= 11 is 0. The fourth-order valence-electron chi connectivity index (χ4n) is 4.81. The van der Waals surface area contributed by atoms with Gasteiger partial charge in [0.2, 0.25) is 21.8 Å². The minimum absolute atomic E-state index is 0.0279. The molecule has 0 aliphatic carbocycles. The van der Waals surface area contributed by atoms with Gasteiger partial charge in [0.25, 0.3) is 0 Å². The highest BCUT2D eigenvalue weighted by Crippen LogP contribution is 2.47. The Morgan fingerprint density at radius 2 is 1.88 bits per heavy atom. The first kappa shape index (κ1) is 28.7. The van der Waals surface area contributed by atoms with Crippen LogP contribution in [-0.4, -0.2) is 49.4 Å². The van der Waals surface area contributed by atoms with Gasteiger partial charge in [-0.15, -0.1) is 0 Å². The van der Waals surface area contributed by atoms with Crippen molar-refractivity contribution in [1.29, 1.82) is 0 Å². The van der Waals surface area contributed by atoms with E-state index in [0.717, 1.165) is 16.1 Å². The lowest BCUT2D eigenvalue weighted by molar-refractivity contribution is -0.114. The molecule has 0 aliphatic rings. The highest BCUT2D eigenvalue weighted by molar-refractivity contribution is 7.92. The Bertz CT molecular complexity index is 1920. The molecule has 12 heteroatoms. The second kappa shape index (κ2) is 11.2.